The highest BCUT2D eigenvalue weighted by Crippen LogP contribution is 1.86. The maximum Gasteiger partial charge on any atom is 0.220 e. The quantitative estimate of drug-likeness (QED) is 0.575. The number of amides is 1. The molecular weight excluding hydrogens is 158 g/mol. The molecule has 0 bridgehead atoms. The Morgan fingerprint density at radius 1 is 1.42 bits per heavy atom. The number of carbonyl (C=O) groups is 3. The van der Waals surface area contributed by atoms with Gasteiger partial charge in [-0.15, -0.1) is 0 Å². The largest absolute Gasteiger partial charge is 0.349 e. The number of Topliss-reactive ketones (excluding diaryl/α,β-unsaturated/α-hetero) is 1. The van der Waals surface area contributed by atoms with Crippen molar-refractivity contribution in [1.29, 1.82) is 0 Å². The Bertz CT molecular complexity index is 177. The molecule has 0 aromatic rings. The van der Waals surface area contributed by atoms with Crippen LogP contribution in [-0.4, -0.2) is 24.5 Å². The van der Waals surface area contributed by atoms with E-state index in [0.29, 0.717) is 12.7 Å². The molecule has 0 aliphatic rings. The molecule has 0 aromatic heterocycles. The summed E-state index contributed by atoms with van der Waals surface area (Å²) in [5, 5.41) is 2.44. The van der Waals surface area contributed by atoms with Gasteiger partial charge in [-0.2, -0.15) is 0 Å². The number of ketones is 1. The van der Waals surface area contributed by atoms with Gasteiger partial charge in [0, 0.05) is 19.3 Å². The van der Waals surface area contributed by atoms with Gasteiger partial charge in [0.15, 0.2) is 5.78 Å². The van der Waals surface area contributed by atoms with Gasteiger partial charge >= 0.3 is 0 Å². The third-order valence-electron chi connectivity index (χ3n) is 1.34. The van der Waals surface area contributed by atoms with Crippen molar-refractivity contribution in [2.45, 2.75) is 26.2 Å². The van der Waals surface area contributed by atoms with Crippen LogP contribution in [0.1, 0.15) is 26.2 Å². The van der Waals surface area contributed by atoms with E-state index < -0.39 is 0 Å². The van der Waals surface area contributed by atoms with Crippen molar-refractivity contribution in [3.8, 4) is 0 Å². The van der Waals surface area contributed by atoms with Crippen LogP contribution in [-0.2, 0) is 14.4 Å². The summed E-state index contributed by atoms with van der Waals surface area (Å²) in [6, 6.07) is 0. The van der Waals surface area contributed by atoms with Gasteiger partial charge in [-0.1, -0.05) is 6.92 Å². The van der Waals surface area contributed by atoms with Gasteiger partial charge in [0.2, 0.25) is 5.91 Å². The lowest BCUT2D eigenvalue weighted by Crippen LogP contribution is -2.28. The van der Waals surface area contributed by atoms with Crippen LogP contribution >= 0.6 is 0 Å². The predicted octanol–water partition coefficient (Wildman–Crippen LogP) is 0.0608. The van der Waals surface area contributed by atoms with Crippen molar-refractivity contribution >= 4 is 18.0 Å². The second kappa shape index (κ2) is 6.52. The fourth-order valence-corrected chi connectivity index (χ4v) is 0.630. The van der Waals surface area contributed by atoms with E-state index in [9.17, 15) is 14.4 Å². The zero-order valence-corrected chi connectivity index (χ0v) is 7.13. The molecule has 4 nitrogen and oxygen atoms in total. The van der Waals surface area contributed by atoms with E-state index in [1.54, 1.807) is 6.92 Å². The first-order valence-electron chi connectivity index (χ1n) is 3.92. The number of nitrogens with one attached hydrogen (secondary N) is 1. The van der Waals surface area contributed by atoms with Gasteiger partial charge in [-0.3, -0.25) is 9.59 Å². The molecule has 0 saturated carbocycles. The second-order valence-electron chi connectivity index (χ2n) is 2.37. The molecular formula is C8H13NO3. The summed E-state index contributed by atoms with van der Waals surface area (Å²) in [7, 11) is 0. The highest BCUT2D eigenvalue weighted by Gasteiger charge is 2.02. The van der Waals surface area contributed by atoms with Gasteiger partial charge in [-0.25, -0.2) is 0 Å². The van der Waals surface area contributed by atoms with Gasteiger partial charge in [-0.05, 0) is 0 Å². The van der Waals surface area contributed by atoms with Gasteiger partial charge in [0.05, 0.1) is 6.54 Å². The summed E-state index contributed by atoms with van der Waals surface area (Å²) >= 11 is 0. The highest BCUT2D eigenvalue weighted by atomic mass is 16.2. The molecule has 0 spiro atoms. The zero-order chi connectivity index (χ0) is 9.40. The van der Waals surface area contributed by atoms with Crippen LogP contribution in [0.3, 0.4) is 0 Å². The SMILES string of the molecule is CCC(=O)NCC(=O)CCC=O. The Labute approximate surface area is 71.3 Å². The minimum Gasteiger partial charge on any atom is -0.349 e. The molecule has 1 N–H and O–H groups in total. The topological polar surface area (TPSA) is 63.2 Å². The van der Waals surface area contributed by atoms with E-state index in [4.69, 9.17) is 0 Å². The minimum atomic E-state index is -0.144. The maximum absolute atomic E-state index is 10.8. The highest BCUT2D eigenvalue weighted by molar-refractivity contribution is 5.86. The van der Waals surface area contributed by atoms with Crippen LogP contribution in [0.25, 0.3) is 0 Å². The first-order valence-corrected chi connectivity index (χ1v) is 3.92. The van der Waals surface area contributed by atoms with Crippen molar-refractivity contribution in [1.82, 2.24) is 5.32 Å². The Hall–Kier alpha value is -1.19. The van der Waals surface area contributed by atoms with Crippen LogP contribution in [0.4, 0.5) is 0 Å². The number of hydrogen-bond acceptors (Lipinski definition) is 3. The standard InChI is InChI=1S/C8H13NO3/c1-2-8(12)9-6-7(11)4-3-5-10/h5H,2-4,6H2,1H3,(H,9,12). The first-order chi connectivity index (χ1) is 5.70. The lowest BCUT2D eigenvalue weighted by atomic mass is 10.2. The van der Waals surface area contributed by atoms with Crippen LogP contribution in [0.2, 0.25) is 0 Å². The Balaban J connectivity index is 3.43. The number of carbonyl (C=O) groups excluding carboxylic acids is 3. The van der Waals surface area contributed by atoms with Gasteiger partial charge in [0.1, 0.15) is 6.29 Å². The predicted molar refractivity (Wildman–Crippen MR) is 43.6 cm³/mol. The van der Waals surface area contributed by atoms with Crippen LogP contribution in [0, 0.1) is 0 Å². The fourth-order valence-electron chi connectivity index (χ4n) is 0.630. The van der Waals surface area contributed by atoms with Gasteiger partial charge in [0.25, 0.3) is 0 Å². The summed E-state index contributed by atoms with van der Waals surface area (Å²) in [6.07, 6.45) is 1.52. The normalized spacial score (nSPS) is 9.08. The third-order valence-corrected chi connectivity index (χ3v) is 1.34. The minimum absolute atomic E-state index is 0.0422. The molecule has 0 aliphatic heterocycles. The number of aldehydes is 1. The van der Waals surface area contributed by atoms with Crippen molar-refractivity contribution in [2.75, 3.05) is 6.54 Å². The molecule has 0 fully saturated rings. The second-order valence-corrected chi connectivity index (χ2v) is 2.37. The van der Waals surface area contributed by atoms with E-state index >= 15 is 0 Å². The molecule has 12 heavy (non-hydrogen) atoms. The molecule has 0 radical (unpaired) electrons. The molecule has 0 aliphatic carbocycles. The van der Waals surface area contributed by atoms with E-state index in [2.05, 4.69) is 5.32 Å². The van der Waals surface area contributed by atoms with E-state index in [0.717, 1.165) is 0 Å². The Morgan fingerprint density at radius 2 is 2.08 bits per heavy atom. The smallest absolute Gasteiger partial charge is 0.220 e. The summed E-state index contributed by atoms with van der Waals surface area (Å²) < 4.78 is 0. The van der Waals surface area contributed by atoms with E-state index in [1.165, 1.54) is 0 Å². The molecule has 4 heteroatoms. The molecule has 0 atom stereocenters. The van der Waals surface area contributed by atoms with Crippen molar-refractivity contribution in [3.05, 3.63) is 0 Å². The molecule has 68 valence electrons. The third kappa shape index (κ3) is 5.58. The van der Waals surface area contributed by atoms with Crippen LogP contribution in [0.15, 0.2) is 0 Å². The van der Waals surface area contributed by atoms with Crippen molar-refractivity contribution in [3.63, 3.8) is 0 Å². The molecule has 0 saturated heterocycles. The lowest BCUT2D eigenvalue weighted by molar-refractivity contribution is -0.125. The average molecular weight is 171 g/mol. The summed E-state index contributed by atoms with van der Waals surface area (Å²) in [5.74, 6) is -0.252. The summed E-state index contributed by atoms with van der Waals surface area (Å²) in [6.45, 7) is 1.76. The maximum atomic E-state index is 10.8. The molecule has 0 unspecified atom stereocenters. The molecule has 1 amide bonds. The number of rotatable bonds is 6. The number of hydrogen-bond donors (Lipinski definition) is 1. The van der Waals surface area contributed by atoms with E-state index in [1.807, 2.05) is 0 Å². The van der Waals surface area contributed by atoms with Crippen LogP contribution < -0.4 is 5.32 Å². The van der Waals surface area contributed by atoms with Crippen LogP contribution in [0.5, 0.6) is 0 Å². The van der Waals surface area contributed by atoms with Crippen molar-refractivity contribution < 1.29 is 14.4 Å². The zero-order valence-electron chi connectivity index (χ0n) is 7.13. The Morgan fingerprint density at radius 3 is 2.58 bits per heavy atom. The van der Waals surface area contributed by atoms with E-state index in [-0.39, 0.29) is 31.1 Å². The molecule has 0 rings (SSSR count). The molecule has 0 heterocycles. The first kappa shape index (κ1) is 10.8. The van der Waals surface area contributed by atoms with Crippen molar-refractivity contribution in [2.24, 2.45) is 0 Å². The fraction of sp³-hybridized carbons (Fsp3) is 0.625. The molecule has 0 aromatic carbocycles. The van der Waals surface area contributed by atoms with Gasteiger partial charge < -0.3 is 10.1 Å². The Kier molecular flexibility index (Phi) is 5.87. The summed E-state index contributed by atoms with van der Waals surface area (Å²) in [4.78, 5) is 31.4. The average Bonchev–Trinajstić information content (AvgIpc) is 2.10. The lowest BCUT2D eigenvalue weighted by Gasteiger charge is -2.00. The summed E-state index contributed by atoms with van der Waals surface area (Å²) in [5.41, 5.74) is 0. The monoisotopic (exact) mass is 171 g/mol.